The van der Waals surface area contributed by atoms with Crippen molar-refractivity contribution in [3.05, 3.63) is 35.8 Å². The number of carbonyl (C=O) groups is 2. The van der Waals surface area contributed by atoms with Gasteiger partial charge in [-0.1, -0.05) is 18.1 Å². The topological polar surface area (TPSA) is 83.8 Å². The maximum absolute atomic E-state index is 12.0. The van der Waals surface area contributed by atoms with Gasteiger partial charge in [-0.3, -0.25) is 4.79 Å². The Balaban J connectivity index is 2.81. The quantitative estimate of drug-likeness (QED) is 0.737. The number of hydrogen-bond donors (Lipinski definition) is 2. The molecule has 0 amide bonds. The molecule has 2 atom stereocenters. The number of carbonyl (C=O) groups excluding carboxylic acids is 1. The van der Waals surface area contributed by atoms with Gasteiger partial charge in [-0.05, 0) is 25.5 Å². The van der Waals surface area contributed by atoms with Crippen LogP contribution in [0, 0.1) is 5.92 Å². The lowest BCUT2D eigenvalue weighted by atomic mass is 9.99. The van der Waals surface area contributed by atoms with Gasteiger partial charge in [0.2, 0.25) is 0 Å². The van der Waals surface area contributed by atoms with Crippen molar-refractivity contribution >= 4 is 11.9 Å². The van der Waals surface area contributed by atoms with Crippen molar-refractivity contribution in [2.45, 2.75) is 25.9 Å². The normalized spacial score (nSPS) is 16.5. The lowest BCUT2D eigenvalue weighted by Gasteiger charge is -2.18. The van der Waals surface area contributed by atoms with Gasteiger partial charge in [-0.2, -0.15) is 0 Å². The summed E-state index contributed by atoms with van der Waals surface area (Å²) >= 11 is 0. The van der Waals surface area contributed by atoms with Gasteiger partial charge in [0.15, 0.2) is 0 Å². The van der Waals surface area contributed by atoms with Crippen LogP contribution in [0.4, 0.5) is 0 Å². The summed E-state index contributed by atoms with van der Waals surface area (Å²) in [4.78, 5) is 22.5. The predicted octanol–water partition coefficient (Wildman–Crippen LogP) is 1.71. The molecule has 0 spiro atoms. The zero-order chi connectivity index (χ0) is 17.7. The summed E-state index contributed by atoms with van der Waals surface area (Å²) in [6.07, 6.45) is -0.947. The molecule has 0 aliphatic rings. The minimum Gasteiger partial charge on any atom is -0.481 e. The number of esters is 1. The molecular weight excluding hydrogens is 248 g/mol. The number of carboxylic acid groups (broad SMARTS) is 1. The van der Waals surface area contributed by atoms with Crippen molar-refractivity contribution in [2.75, 3.05) is 6.61 Å². The second-order valence-corrected chi connectivity index (χ2v) is 4.11. The number of rotatable bonds is 7. The number of ether oxygens (including phenoxy) is 1. The molecule has 5 heteroatoms. The van der Waals surface area contributed by atoms with Crippen LogP contribution in [0.25, 0.3) is 0 Å². The summed E-state index contributed by atoms with van der Waals surface area (Å²) in [7, 11) is 0. The molecule has 5 nitrogen and oxygen atoms in total. The molecule has 104 valence electrons. The van der Waals surface area contributed by atoms with E-state index in [1.807, 2.05) is 0 Å². The summed E-state index contributed by atoms with van der Waals surface area (Å²) in [5, 5.41) is 18.2. The Morgan fingerprint density at radius 3 is 2.79 bits per heavy atom. The first kappa shape index (κ1) is 9.97. The highest BCUT2D eigenvalue weighted by Gasteiger charge is 2.19. The molecule has 0 aliphatic heterocycles. The van der Waals surface area contributed by atoms with Crippen LogP contribution in [-0.4, -0.2) is 34.9 Å². The Labute approximate surface area is 117 Å². The van der Waals surface area contributed by atoms with E-state index in [4.69, 9.17) is 15.3 Å². The van der Waals surface area contributed by atoms with Crippen molar-refractivity contribution in [2.24, 2.45) is 5.92 Å². The molecule has 19 heavy (non-hydrogen) atoms. The van der Waals surface area contributed by atoms with Gasteiger partial charge in [-0.15, -0.1) is 0 Å². The molecule has 0 heterocycles. The SMILES string of the molecule is [2H]c1cc(C(=O)OCC(CCC(=O)O)C(C)O)c([2H])c([2H])c1[2H]. The van der Waals surface area contributed by atoms with Crippen LogP contribution in [0.2, 0.25) is 0 Å². The van der Waals surface area contributed by atoms with E-state index < -0.39 is 42.1 Å². The molecular formula is C14H18O5. The van der Waals surface area contributed by atoms with E-state index in [9.17, 15) is 14.7 Å². The Morgan fingerprint density at radius 2 is 2.16 bits per heavy atom. The van der Waals surface area contributed by atoms with Crippen LogP contribution in [-0.2, 0) is 9.53 Å². The van der Waals surface area contributed by atoms with Gasteiger partial charge in [0.1, 0.15) is 0 Å². The minimum atomic E-state index is -1.03. The molecule has 0 aromatic heterocycles. The maximum atomic E-state index is 12.0. The van der Waals surface area contributed by atoms with Crippen LogP contribution >= 0.6 is 0 Å². The Bertz CT molecular complexity index is 603. The standard InChI is InChI=1S/C14H18O5/c1-10(15)12(7-8-13(16)17)9-19-14(18)11-5-3-2-4-6-11/h2-6,10,12,15H,7-9H2,1H3,(H,16,17)/i2D,3D,4D,5D. The number of carboxylic acids is 1. The number of aliphatic hydroxyl groups is 1. The zero-order valence-corrected chi connectivity index (χ0v) is 10.5. The molecule has 1 rings (SSSR count). The summed E-state index contributed by atoms with van der Waals surface area (Å²) in [6.45, 7) is 1.21. The van der Waals surface area contributed by atoms with Gasteiger partial charge in [0.05, 0.1) is 23.8 Å². The van der Waals surface area contributed by atoms with E-state index >= 15 is 0 Å². The number of benzene rings is 1. The molecule has 0 saturated carbocycles. The van der Waals surface area contributed by atoms with Gasteiger partial charge in [0.25, 0.3) is 0 Å². The monoisotopic (exact) mass is 270 g/mol. The lowest BCUT2D eigenvalue weighted by Crippen LogP contribution is -2.24. The van der Waals surface area contributed by atoms with Gasteiger partial charge in [0, 0.05) is 12.3 Å². The second kappa shape index (κ2) is 7.53. The zero-order valence-electron chi connectivity index (χ0n) is 14.5. The predicted molar refractivity (Wildman–Crippen MR) is 68.8 cm³/mol. The summed E-state index contributed by atoms with van der Waals surface area (Å²) in [5.41, 5.74) is -0.307. The number of aliphatic hydroxyl groups excluding tert-OH is 1. The molecule has 2 N–H and O–H groups in total. The third kappa shape index (κ3) is 5.52. The summed E-state index contributed by atoms with van der Waals surface area (Å²) in [6, 6.07) is -0.872. The van der Waals surface area contributed by atoms with Gasteiger partial charge < -0.3 is 14.9 Å². The molecule has 0 aliphatic carbocycles. The lowest BCUT2D eigenvalue weighted by molar-refractivity contribution is -0.137. The minimum absolute atomic E-state index is 0.118. The van der Waals surface area contributed by atoms with Crippen LogP contribution < -0.4 is 0 Å². The van der Waals surface area contributed by atoms with Crippen molar-refractivity contribution in [1.82, 2.24) is 0 Å². The fraction of sp³-hybridized carbons (Fsp3) is 0.429. The molecule has 1 aromatic rings. The van der Waals surface area contributed by atoms with Gasteiger partial charge >= 0.3 is 11.9 Å². The van der Waals surface area contributed by atoms with Crippen molar-refractivity contribution in [1.29, 1.82) is 0 Å². The molecule has 1 aromatic carbocycles. The first-order valence-corrected chi connectivity index (χ1v) is 5.79. The first-order chi connectivity index (χ1) is 10.6. The number of hydrogen-bond acceptors (Lipinski definition) is 4. The Kier molecular flexibility index (Phi) is 3.95. The molecule has 0 fully saturated rings. The summed E-state index contributed by atoms with van der Waals surface area (Å²) < 4.78 is 35.0. The van der Waals surface area contributed by atoms with Crippen molar-refractivity contribution < 1.29 is 30.0 Å². The second-order valence-electron chi connectivity index (χ2n) is 4.11. The fourth-order valence-electron chi connectivity index (χ4n) is 1.42. The molecule has 0 saturated heterocycles. The largest absolute Gasteiger partial charge is 0.481 e. The third-order valence-corrected chi connectivity index (χ3v) is 2.61. The number of aliphatic carboxylic acids is 1. The average Bonchev–Trinajstić information content (AvgIpc) is 2.47. The van der Waals surface area contributed by atoms with Crippen molar-refractivity contribution in [3.8, 4) is 0 Å². The molecule has 2 unspecified atom stereocenters. The van der Waals surface area contributed by atoms with E-state index in [1.54, 1.807) is 0 Å². The van der Waals surface area contributed by atoms with Gasteiger partial charge in [-0.25, -0.2) is 4.79 Å². The highest BCUT2D eigenvalue weighted by molar-refractivity contribution is 5.89. The maximum Gasteiger partial charge on any atom is 0.338 e. The molecule has 0 bridgehead atoms. The van der Waals surface area contributed by atoms with E-state index in [2.05, 4.69) is 0 Å². The van der Waals surface area contributed by atoms with E-state index in [-0.39, 0.29) is 31.1 Å². The fourth-order valence-corrected chi connectivity index (χ4v) is 1.42. The van der Waals surface area contributed by atoms with Crippen LogP contribution in [0.15, 0.2) is 30.2 Å². The first-order valence-electron chi connectivity index (χ1n) is 7.79. The average molecular weight is 270 g/mol. The third-order valence-electron chi connectivity index (χ3n) is 2.61. The molecule has 0 radical (unpaired) electrons. The Morgan fingerprint density at radius 1 is 1.42 bits per heavy atom. The smallest absolute Gasteiger partial charge is 0.338 e. The van der Waals surface area contributed by atoms with E-state index in [0.29, 0.717) is 0 Å². The van der Waals surface area contributed by atoms with Crippen LogP contribution in [0.3, 0.4) is 0 Å². The van der Waals surface area contributed by atoms with Crippen LogP contribution in [0.1, 0.15) is 35.6 Å². The van der Waals surface area contributed by atoms with Crippen molar-refractivity contribution in [3.63, 3.8) is 0 Å². The summed E-state index contributed by atoms with van der Waals surface area (Å²) in [5.74, 6) is -2.55. The highest BCUT2D eigenvalue weighted by atomic mass is 16.5. The van der Waals surface area contributed by atoms with E-state index in [1.165, 1.54) is 6.92 Å². The van der Waals surface area contributed by atoms with E-state index in [0.717, 1.165) is 6.07 Å². The van der Waals surface area contributed by atoms with Crippen LogP contribution in [0.5, 0.6) is 0 Å². The highest BCUT2D eigenvalue weighted by Crippen LogP contribution is 2.13. The Hall–Kier alpha value is -1.88.